The number of nitro benzene ring substituents is 1. The summed E-state index contributed by atoms with van der Waals surface area (Å²) in [6.07, 6.45) is -0.0937. The third kappa shape index (κ3) is 2.41. The number of hydrogen-bond donors (Lipinski definition) is 1. The van der Waals surface area contributed by atoms with Crippen molar-refractivity contribution in [2.75, 3.05) is 24.6 Å². The summed E-state index contributed by atoms with van der Waals surface area (Å²) in [5, 5.41) is 18.4. The van der Waals surface area contributed by atoms with Crippen LogP contribution in [0.2, 0.25) is 0 Å². The van der Waals surface area contributed by atoms with Crippen molar-refractivity contribution in [2.24, 2.45) is 5.73 Å². The molecule has 0 bridgehead atoms. The number of rotatable bonds is 3. The van der Waals surface area contributed by atoms with Crippen LogP contribution in [0.5, 0.6) is 0 Å². The average molecular weight is 293 g/mol. The summed E-state index contributed by atoms with van der Waals surface area (Å²) in [7, 11) is 0. The zero-order valence-electron chi connectivity index (χ0n) is 11.4. The van der Waals surface area contributed by atoms with E-state index < -0.39 is 4.92 Å². The monoisotopic (exact) mass is 293 g/mol. The van der Waals surface area contributed by atoms with E-state index in [9.17, 15) is 10.1 Å². The lowest BCUT2D eigenvalue weighted by molar-refractivity contribution is -0.383. The van der Waals surface area contributed by atoms with Gasteiger partial charge in [0.2, 0.25) is 5.52 Å². The molecule has 21 heavy (non-hydrogen) atoms. The van der Waals surface area contributed by atoms with E-state index in [-0.39, 0.29) is 23.3 Å². The Morgan fingerprint density at radius 1 is 1.48 bits per heavy atom. The second-order valence-electron chi connectivity index (χ2n) is 5.04. The topological polar surface area (TPSA) is 121 Å². The summed E-state index contributed by atoms with van der Waals surface area (Å²) in [6.45, 7) is 3.67. The van der Waals surface area contributed by atoms with Gasteiger partial charge in [0.05, 0.1) is 23.3 Å². The number of hydrogen-bond acceptors (Lipinski definition) is 8. The number of non-ortho nitro benzene ring substituents is 1. The molecule has 0 saturated carbocycles. The van der Waals surface area contributed by atoms with E-state index in [0.717, 1.165) is 5.69 Å². The van der Waals surface area contributed by atoms with E-state index in [0.29, 0.717) is 25.2 Å². The van der Waals surface area contributed by atoms with Crippen molar-refractivity contribution in [1.82, 2.24) is 10.3 Å². The molecule has 1 aliphatic heterocycles. The molecule has 2 N–H and O–H groups in total. The second-order valence-corrected chi connectivity index (χ2v) is 5.04. The predicted molar refractivity (Wildman–Crippen MR) is 74.1 cm³/mol. The maximum atomic E-state index is 11.0. The van der Waals surface area contributed by atoms with Gasteiger partial charge >= 0.3 is 5.69 Å². The summed E-state index contributed by atoms with van der Waals surface area (Å²) in [5.41, 5.74) is 7.04. The quantitative estimate of drug-likeness (QED) is 0.648. The number of morpholine rings is 1. The zero-order valence-corrected chi connectivity index (χ0v) is 11.4. The Kier molecular flexibility index (Phi) is 3.43. The molecule has 0 spiro atoms. The average Bonchev–Trinajstić information content (AvgIpc) is 2.95. The van der Waals surface area contributed by atoms with Crippen molar-refractivity contribution in [2.45, 2.75) is 19.1 Å². The Hall–Kier alpha value is -2.26. The van der Waals surface area contributed by atoms with Crippen LogP contribution >= 0.6 is 0 Å². The number of nitrogens with two attached hydrogens (primary N) is 1. The van der Waals surface area contributed by atoms with Gasteiger partial charge < -0.3 is 15.4 Å². The van der Waals surface area contributed by atoms with Crippen LogP contribution in [-0.2, 0) is 4.74 Å². The van der Waals surface area contributed by atoms with Gasteiger partial charge in [-0.15, -0.1) is 0 Å². The van der Waals surface area contributed by atoms with Crippen molar-refractivity contribution < 1.29 is 14.3 Å². The van der Waals surface area contributed by atoms with Crippen molar-refractivity contribution in [3.8, 4) is 0 Å². The SMILES string of the molecule is CC(N)C1CN(c2ccc([N+](=O)[O-])c3nonc23)CCO1. The number of nitrogens with zero attached hydrogens (tertiary/aromatic N) is 4. The van der Waals surface area contributed by atoms with E-state index >= 15 is 0 Å². The third-order valence-electron chi connectivity index (χ3n) is 3.59. The molecule has 112 valence electrons. The van der Waals surface area contributed by atoms with Crippen molar-refractivity contribution in [1.29, 1.82) is 0 Å². The van der Waals surface area contributed by atoms with Gasteiger partial charge in [0, 0.05) is 25.2 Å². The van der Waals surface area contributed by atoms with Gasteiger partial charge in [0.1, 0.15) is 0 Å². The van der Waals surface area contributed by atoms with Gasteiger partial charge in [-0.2, -0.15) is 0 Å². The normalized spacial score (nSPS) is 20.7. The highest BCUT2D eigenvalue weighted by molar-refractivity contribution is 5.93. The molecule has 2 heterocycles. The number of fused-ring (bicyclic) bond motifs is 1. The van der Waals surface area contributed by atoms with Crippen molar-refractivity contribution in [3.63, 3.8) is 0 Å². The van der Waals surface area contributed by atoms with E-state index in [1.807, 2.05) is 11.8 Å². The summed E-state index contributed by atoms with van der Waals surface area (Å²) in [6, 6.07) is 2.98. The highest BCUT2D eigenvalue weighted by Gasteiger charge is 2.27. The van der Waals surface area contributed by atoms with E-state index in [4.69, 9.17) is 10.5 Å². The van der Waals surface area contributed by atoms with Crippen LogP contribution in [0.1, 0.15) is 6.92 Å². The number of nitro groups is 1. The number of anilines is 1. The maximum Gasteiger partial charge on any atom is 0.300 e. The number of benzene rings is 1. The van der Waals surface area contributed by atoms with Gasteiger partial charge in [0.15, 0.2) is 5.52 Å². The molecule has 2 atom stereocenters. The van der Waals surface area contributed by atoms with Crippen LogP contribution in [0.15, 0.2) is 16.8 Å². The summed E-state index contributed by atoms with van der Waals surface area (Å²) in [4.78, 5) is 12.5. The summed E-state index contributed by atoms with van der Waals surface area (Å²) < 4.78 is 10.3. The first kappa shape index (κ1) is 13.7. The lowest BCUT2D eigenvalue weighted by Gasteiger charge is -2.36. The predicted octanol–water partition coefficient (Wildman–Crippen LogP) is 0.683. The smallest absolute Gasteiger partial charge is 0.300 e. The van der Waals surface area contributed by atoms with Crippen molar-refractivity contribution in [3.05, 3.63) is 22.2 Å². The fraction of sp³-hybridized carbons (Fsp3) is 0.500. The van der Waals surface area contributed by atoms with Crippen molar-refractivity contribution >= 4 is 22.4 Å². The van der Waals surface area contributed by atoms with Crippen LogP contribution in [-0.4, -0.2) is 47.1 Å². The van der Waals surface area contributed by atoms with Crippen LogP contribution in [0.3, 0.4) is 0 Å². The standard InChI is InChI=1S/C12H15N5O4/c1-7(13)10-6-16(4-5-20-10)8-2-3-9(17(18)19)12-11(8)14-21-15-12/h2-3,7,10H,4-6,13H2,1H3. The first-order chi connectivity index (χ1) is 10.1. The molecule has 0 aliphatic carbocycles. The van der Waals surface area contributed by atoms with Gasteiger partial charge in [-0.3, -0.25) is 10.1 Å². The lowest BCUT2D eigenvalue weighted by atomic mass is 10.1. The Labute approximate surface area is 119 Å². The maximum absolute atomic E-state index is 11.0. The molecule has 1 aromatic carbocycles. The van der Waals surface area contributed by atoms with E-state index in [1.165, 1.54) is 6.07 Å². The molecule has 1 fully saturated rings. The van der Waals surface area contributed by atoms with Crippen LogP contribution < -0.4 is 10.6 Å². The molecule has 1 saturated heterocycles. The van der Waals surface area contributed by atoms with Gasteiger partial charge in [-0.25, -0.2) is 4.63 Å². The summed E-state index contributed by atoms with van der Waals surface area (Å²) in [5.74, 6) is 0. The van der Waals surface area contributed by atoms with Gasteiger partial charge in [0.25, 0.3) is 0 Å². The molecule has 2 unspecified atom stereocenters. The first-order valence-electron chi connectivity index (χ1n) is 6.59. The molecular formula is C12H15N5O4. The van der Waals surface area contributed by atoms with Crippen LogP contribution in [0.25, 0.3) is 11.0 Å². The fourth-order valence-corrected chi connectivity index (χ4v) is 2.46. The van der Waals surface area contributed by atoms with Gasteiger partial charge in [-0.1, -0.05) is 0 Å². The highest BCUT2D eigenvalue weighted by Crippen LogP contribution is 2.32. The molecular weight excluding hydrogens is 278 g/mol. The summed E-state index contributed by atoms with van der Waals surface area (Å²) >= 11 is 0. The van der Waals surface area contributed by atoms with Crippen LogP contribution in [0.4, 0.5) is 11.4 Å². The molecule has 0 radical (unpaired) electrons. The molecule has 9 nitrogen and oxygen atoms in total. The Morgan fingerprint density at radius 3 is 2.95 bits per heavy atom. The lowest BCUT2D eigenvalue weighted by Crippen LogP contribution is -2.49. The molecule has 2 aromatic rings. The molecule has 1 aromatic heterocycles. The van der Waals surface area contributed by atoms with E-state index in [2.05, 4.69) is 14.9 Å². The number of aromatic nitrogens is 2. The minimum absolute atomic E-state index is 0.0937. The second kappa shape index (κ2) is 5.26. The molecule has 9 heteroatoms. The van der Waals surface area contributed by atoms with E-state index in [1.54, 1.807) is 6.07 Å². The largest absolute Gasteiger partial charge is 0.373 e. The minimum atomic E-state index is -0.500. The zero-order chi connectivity index (χ0) is 15.0. The Morgan fingerprint density at radius 2 is 2.24 bits per heavy atom. The molecule has 3 rings (SSSR count). The van der Waals surface area contributed by atoms with Gasteiger partial charge in [-0.05, 0) is 23.3 Å². The molecule has 0 amide bonds. The highest BCUT2D eigenvalue weighted by atomic mass is 16.6. The van der Waals surface area contributed by atoms with Crippen LogP contribution in [0, 0.1) is 10.1 Å². The Bertz CT molecular complexity index is 671. The fourth-order valence-electron chi connectivity index (χ4n) is 2.46. The third-order valence-corrected chi connectivity index (χ3v) is 3.59. The Balaban J connectivity index is 1.99. The first-order valence-corrected chi connectivity index (χ1v) is 6.59. The molecule has 1 aliphatic rings. The number of ether oxygens (including phenoxy) is 1. The minimum Gasteiger partial charge on any atom is -0.373 e.